The Morgan fingerprint density at radius 3 is 1.54 bits per heavy atom. The Morgan fingerprint density at radius 2 is 1.00 bits per heavy atom. The largest absolute Gasteiger partial charge is 0.466 e. The first-order valence-electron chi connectivity index (χ1n) is 22.6. The highest BCUT2D eigenvalue weighted by atomic mass is 16.5. The smallest absolute Gasteiger partial charge is 0.305 e. The lowest BCUT2D eigenvalue weighted by molar-refractivity contribution is -0.143. The minimum Gasteiger partial charge on any atom is -0.466 e. The lowest BCUT2D eigenvalue weighted by Crippen LogP contribution is -2.45. The van der Waals surface area contributed by atoms with Crippen LogP contribution in [0.2, 0.25) is 0 Å². The van der Waals surface area contributed by atoms with Crippen molar-refractivity contribution >= 4 is 11.9 Å². The maximum atomic E-state index is 12.4. The molecule has 1 amide bonds. The molecule has 0 aliphatic heterocycles. The average Bonchev–Trinajstić information content (AvgIpc) is 3.14. The van der Waals surface area contributed by atoms with Gasteiger partial charge in [-0.3, -0.25) is 9.59 Å². The average molecular weight is 734 g/mol. The Labute approximate surface area is 322 Å². The second-order valence-electron chi connectivity index (χ2n) is 15.4. The molecule has 2 atom stereocenters. The Hall–Kier alpha value is -1.66. The van der Waals surface area contributed by atoms with Crippen LogP contribution in [0.1, 0.15) is 232 Å². The molecule has 0 aromatic rings. The van der Waals surface area contributed by atoms with Gasteiger partial charge in [0, 0.05) is 12.8 Å². The molecule has 0 fully saturated rings. The lowest BCUT2D eigenvalue weighted by atomic mass is 10.0. The SMILES string of the molecule is CCC/C=C\C/C=C\CCCCCCCC(=O)OCCCCCCCCCCCCCCC(=O)NC(CO)C(O)CCCCCCCCCCCC. The number of nitrogens with one attached hydrogen (secondary N) is 1. The molecule has 0 aromatic heterocycles. The highest BCUT2D eigenvalue weighted by molar-refractivity contribution is 5.76. The predicted octanol–water partition coefficient (Wildman–Crippen LogP) is 12.8. The molecule has 0 aliphatic carbocycles. The summed E-state index contributed by atoms with van der Waals surface area (Å²) in [6.07, 6.45) is 47.0. The third-order valence-corrected chi connectivity index (χ3v) is 10.2. The molecular formula is C46H87NO5. The van der Waals surface area contributed by atoms with Crippen LogP contribution in [0.4, 0.5) is 0 Å². The molecule has 0 rings (SSSR count). The van der Waals surface area contributed by atoms with E-state index in [1.807, 2.05) is 0 Å². The van der Waals surface area contributed by atoms with Crippen molar-refractivity contribution in [1.82, 2.24) is 5.32 Å². The van der Waals surface area contributed by atoms with Gasteiger partial charge in [0.15, 0.2) is 0 Å². The van der Waals surface area contributed by atoms with E-state index in [1.54, 1.807) is 0 Å². The van der Waals surface area contributed by atoms with Crippen molar-refractivity contribution in [1.29, 1.82) is 0 Å². The van der Waals surface area contributed by atoms with Crippen molar-refractivity contribution in [3.05, 3.63) is 24.3 Å². The van der Waals surface area contributed by atoms with E-state index in [2.05, 4.69) is 43.5 Å². The number of carbonyl (C=O) groups excluding carboxylic acids is 2. The molecule has 306 valence electrons. The number of aliphatic hydroxyl groups excluding tert-OH is 2. The molecule has 2 unspecified atom stereocenters. The minimum absolute atomic E-state index is 0.0254. The van der Waals surface area contributed by atoms with Crippen molar-refractivity contribution in [2.45, 2.75) is 244 Å². The second-order valence-corrected chi connectivity index (χ2v) is 15.4. The first-order valence-corrected chi connectivity index (χ1v) is 22.6. The number of amides is 1. The number of hydrogen-bond acceptors (Lipinski definition) is 5. The van der Waals surface area contributed by atoms with Crippen molar-refractivity contribution in [2.75, 3.05) is 13.2 Å². The van der Waals surface area contributed by atoms with Gasteiger partial charge >= 0.3 is 5.97 Å². The third kappa shape index (κ3) is 38.1. The van der Waals surface area contributed by atoms with Crippen LogP contribution >= 0.6 is 0 Å². The summed E-state index contributed by atoms with van der Waals surface area (Å²) in [6, 6.07) is -0.551. The zero-order valence-corrected chi connectivity index (χ0v) is 34.5. The molecule has 0 aromatic carbocycles. The van der Waals surface area contributed by atoms with E-state index in [4.69, 9.17) is 4.74 Å². The van der Waals surface area contributed by atoms with Gasteiger partial charge in [-0.05, 0) is 51.4 Å². The second kappa shape index (κ2) is 42.1. The van der Waals surface area contributed by atoms with E-state index >= 15 is 0 Å². The zero-order chi connectivity index (χ0) is 38.0. The van der Waals surface area contributed by atoms with E-state index in [-0.39, 0.29) is 18.5 Å². The van der Waals surface area contributed by atoms with Crippen molar-refractivity contribution in [3.8, 4) is 0 Å². The van der Waals surface area contributed by atoms with Gasteiger partial charge in [-0.15, -0.1) is 0 Å². The van der Waals surface area contributed by atoms with Gasteiger partial charge in [0.25, 0.3) is 0 Å². The summed E-state index contributed by atoms with van der Waals surface area (Å²) in [6.45, 7) is 4.82. The van der Waals surface area contributed by atoms with Crippen LogP contribution in [0, 0.1) is 0 Å². The van der Waals surface area contributed by atoms with Gasteiger partial charge in [-0.1, -0.05) is 192 Å². The van der Waals surface area contributed by atoms with Crippen molar-refractivity contribution in [3.63, 3.8) is 0 Å². The summed E-state index contributed by atoms with van der Waals surface area (Å²) < 4.78 is 5.43. The summed E-state index contributed by atoms with van der Waals surface area (Å²) in [4.78, 5) is 24.3. The summed E-state index contributed by atoms with van der Waals surface area (Å²) in [5.74, 6) is -0.0797. The molecule has 0 radical (unpaired) electrons. The number of hydrogen-bond donors (Lipinski definition) is 3. The predicted molar refractivity (Wildman–Crippen MR) is 223 cm³/mol. The summed E-state index contributed by atoms with van der Waals surface area (Å²) in [5.41, 5.74) is 0. The van der Waals surface area contributed by atoms with Crippen LogP contribution in [-0.4, -0.2) is 47.4 Å². The maximum absolute atomic E-state index is 12.4. The van der Waals surface area contributed by atoms with Crippen LogP contribution < -0.4 is 5.32 Å². The van der Waals surface area contributed by atoms with E-state index in [1.165, 1.54) is 128 Å². The zero-order valence-electron chi connectivity index (χ0n) is 34.5. The standard InChI is InChI=1S/C46H87NO5/c1-3-5-7-9-11-13-15-16-20-24-28-32-36-40-46(51)52-41-37-33-29-25-21-18-17-19-23-27-31-35-39-45(50)47-43(42-48)44(49)38-34-30-26-22-14-12-10-8-6-4-2/h7,9,13,15,43-44,48-49H,3-6,8,10-12,14,16-42H2,1-2H3,(H,47,50)/b9-7-,15-13-. The number of rotatable bonds is 41. The molecule has 6 nitrogen and oxygen atoms in total. The minimum atomic E-state index is -0.672. The molecule has 0 saturated carbocycles. The first kappa shape index (κ1) is 50.3. The van der Waals surface area contributed by atoms with Gasteiger partial charge in [-0.25, -0.2) is 0 Å². The molecule has 0 aliphatic rings. The van der Waals surface area contributed by atoms with Gasteiger partial charge in [0.1, 0.15) is 0 Å². The van der Waals surface area contributed by atoms with Crippen LogP contribution in [0.3, 0.4) is 0 Å². The maximum Gasteiger partial charge on any atom is 0.305 e. The molecule has 0 saturated heterocycles. The number of allylic oxidation sites excluding steroid dienone is 4. The molecule has 0 spiro atoms. The van der Waals surface area contributed by atoms with E-state index in [0.29, 0.717) is 25.9 Å². The van der Waals surface area contributed by atoms with E-state index < -0.39 is 12.1 Å². The summed E-state index contributed by atoms with van der Waals surface area (Å²) >= 11 is 0. The van der Waals surface area contributed by atoms with Gasteiger partial charge in [-0.2, -0.15) is 0 Å². The van der Waals surface area contributed by atoms with Crippen molar-refractivity contribution < 1.29 is 24.5 Å². The van der Waals surface area contributed by atoms with Gasteiger partial charge in [0.2, 0.25) is 5.91 Å². The normalized spacial score (nSPS) is 12.9. The highest BCUT2D eigenvalue weighted by Gasteiger charge is 2.20. The van der Waals surface area contributed by atoms with E-state index in [0.717, 1.165) is 70.6 Å². The fourth-order valence-corrected chi connectivity index (χ4v) is 6.73. The molecule has 0 heterocycles. The monoisotopic (exact) mass is 734 g/mol. The number of aliphatic hydroxyl groups is 2. The molecule has 0 bridgehead atoms. The summed E-state index contributed by atoms with van der Waals surface area (Å²) in [7, 11) is 0. The number of esters is 1. The van der Waals surface area contributed by atoms with Gasteiger partial charge < -0.3 is 20.3 Å². The topological polar surface area (TPSA) is 95.9 Å². The van der Waals surface area contributed by atoms with Crippen LogP contribution in [0.25, 0.3) is 0 Å². The van der Waals surface area contributed by atoms with Crippen LogP contribution in [0.15, 0.2) is 24.3 Å². The highest BCUT2D eigenvalue weighted by Crippen LogP contribution is 2.15. The third-order valence-electron chi connectivity index (χ3n) is 10.2. The molecular weight excluding hydrogens is 647 g/mol. The van der Waals surface area contributed by atoms with Crippen LogP contribution in [-0.2, 0) is 14.3 Å². The van der Waals surface area contributed by atoms with Gasteiger partial charge in [0.05, 0.1) is 25.4 Å². The Bertz CT molecular complexity index is 813. The fourth-order valence-electron chi connectivity index (χ4n) is 6.73. The Kier molecular flexibility index (Phi) is 40.7. The molecule has 3 N–H and O–H groups in total. The molecule has 52 heavy (non-hydrogen) atoms. The number of unbranched alkanes of at least 4 members (excludes halogenated alkanes) is 26. The van der Waals surface area contributed by atoms with E-state index in [9.17, 15) is 19.8 Å². The molecule has 6 heteroatoms. The lowest BCUT2D eigenvalue weighted by Gasteiger charge is -2.22. The number of ether oxygens (including phenoxy) is 1. The Morgan fingerprint density at radius 1 is 0.538 bits per heavy atom. The Balaban J connectivity index is 3.47. The quantitative estimate of drug-likeness (QED) is 0.0330. The van der Waals surface area contributed by atoms with Crippen LogP contribution in [0.5, 0.6) is 0 Å². The summed E-state index contributed by atoms with van der Waals surface area (Å²) in [5, 5.41) is 23.0. The number of carbonyl (C=O) groups is 2. The first-order chi connectivity index (χ1) is 25.5. The van der Waals surface area contributed by atoms with Crippen molar-refractivity contribution in [2.24, 2.45) is 0 Å². The fraction of sp³-hybridized carbons (Fsp3) is 0.870.